The Balaban J connectivity index is 3.16. The molecule has 110 valence electrons. The molecular weight excluding hydrogens is 274 g/mol. The summed E-state index contributed by atoms with van der Waals surface area (Å²) < 4.78 is 31.5. The number of nitrogens with zero attached hydrogens (tertiary/aromatic N) is 2. The Labute approximate surface area is 114 Å². The largest absolute Gasteiger partial charge is 0.469 e. The van der Waals surface area contributed by atoms with E-state index in [4.69, 9.17) is 0 Å². The van der Waals surface area contributed by atoms with E-state index in [0.717, 1.165) is 6.07 Å². The summed E-state index contributed by atoms with van der Waals surface area (Å²) in [6.45, 7) is 1.79. The van der Waals surface area contributed by atoms with Crippen LogP contribution in [0.2, 0.25) is 0 Å². The lowest BCUT2D eigenvalue weighted by atomic mass is 10.2. The van der Waals surface area contributed by atoms with Crippen LogP contribution in [0.15, 0.2) is 12.1 Å². The van der Waals surface area contributed by atoms with Crippen molar-refractivity contribution in [3.8, 4) is 0 Å². The highest BCUT2D eigenvalue weighted by atomic mass is 19.2. The molecule has 0 bridgehead atoms. The number of carbonyl (C=O) groups excluding carboxylic acids is 1. The molecule has 1 rings (SSSR count). The number of halogens is 2. The van der Waals surface area contributed by atoms with Gasteiger partial charge in [0.05, 0.1) is 18.5 Å². The van der Waals surface area contributed by atoms with Crippen molar-refractivity contribution < 1.29 is 23.2 Å². The van der Waals surface area contributed by atoms with E-state index < -0.39 is 33.9 Å². The van der Waals surface area contributed by atoms with Gasteiger partial charge in [-0.25, -0.2) is 8.78 Å². The van der Waals surface area contributed by atoms with Gasteiger partial charge in [0.1, 0.15) is 0 Å². The summed E-state index contributed by atoms with van der Waals surface area (Å²) in [4.78, 5) is 22.4. The predicted octanol–water partition coefficient (Wildman–Crippen LogP) is 2.26. The van der Waals surface area contributed by atoms with Gasteiger partial charge in [-0.1, -0.05) is 0 Å². The number of methoxy groups -OCH3 is 1. The van der Waals surface area contributed by atoms with Crippen molar-refractivity contribution in [1.82, 2.24) is 0 Å². The van der Waals surface area contributed by atoms with Gasteiger partial charge >= 0.3 is 5.97 Å². The molecule has 8 heteroatoms. The minimum atomic E-state index is -1.30. The van der Waals surface area contributed by atoms with Crippen LogP contribution < -0.4 is 4.90 Å². The molecule has 0 aromatic heterocycles. The third kappa shape index (κ3) is 3.40. The van der Waals surface area contributed by atoms with Crippen molar-refractivity contribution in [1.29, 1.82) is 0 Å². The summed E-state index contributed by atoms with van der Waals surface area (Å²) in [5.74, 6) is -3.02. The molecule has 0 aliphatic rings. The monoisotopic (exact) mass is 288 g/mol. The molecule has 20 heavy (non-hydrogen) atoms. The van der Waals surface area contributed by atoms with Gasteiger partial charge in [-0.05, 0) is 13.0 Å². The van der Waals surface area contributed by atoms with E-state index >= 15 is 0 Å². The number of nitro groups is 1. The van der Waals surface area contributed by atoms with E-state index in [1.807, 2.05) is 0 Å². The highest BCUT2D eigenvalue weighted by molar-refractivity contribution is 5.71. The highest BCUT2D eigenvalue weighted by Crippen LogP contribution is 2.32. The average Bonchev–Trinajstić information content (AvgIpc) is 2.42. The smallest absolute Gasteiger partial charge is 0.307 e. The first kappa shape index (κ1) is 15.8. The van der Waals surface area contributed by atoms with Crippen LogP contribution in [-0.2, 0) is 9.53 Å². The minimum Gasteiger partial charge on any atom is -0.469 e. The quantitative estimate of drug-likeness (QED) is 0.456. The third-order valence-corrected chi connectivity index (χ3v) is 2.76. The molecule has 0 spiro atoms. The number of hydrogen-bond acceptors (Lipinski definition) is 5. The van der Waals surface area contributed by atoms with E-state index in [1.54, 1.807) is 6.92 Å². The standard InChI is InChI=1S/C12H14F2N2O4/c1-3-15(7-6-10(17)20-2)12-9(16(18)19)5-4-8(13)11(12)14/h4-5H,3,6-7H2,1-2H3. The van der Waals surface area contributed by atoms with Gasteiger partial charge in [-0.3, -0.25) is 14.9 Å². The molecule has 0 aliphatic heterocycles. The Morgan fingerprint density at radius 3 is 2.60 bits per heavy atom. The van der Waals surface area contributed by atoms with Crippen molar-refractivity contribution in [3.05, 3.63) is 33.9 Å². The topological polar surface area (TPSA) is 72.7 Å². The van der Waals surface area contributed by atoms with Gasteiger partial charge in [0.15, 0.2) is 17.3 Å². The molecule has 0 unspecified atom stereocenters. The Bertz CT molecular complexity index is 522. The molecule has 0 radical (unpaired) electrons. The van der Waals surface area contributed by atoms with Crippen LogP contribution >= 0.6 is 0 Å². The maximum atomic E-state index is 13.8. The van der Waals surface area contributed by atoms with Crippen molar-refractivity contribution in [3.63, 3.8) is 0 Å². The summed E-state index contributed by atoms with van der Waals surface area (Å²) >= 11 is 0. The van der Waals surface area contributed by atoms with Crippen LogP contribution in [0.1, 0.15) is 13.3 Å². The number of rotatable bonds is 6. The average molecular weight is 288 g/mol. The molecular formula is C12H14F2N2O4. The zero-order chi connectivity index (χ0) is 15.3. The lowest BCUT2D eigenvalue weighted by Crippen LogP contribution is -2.28. The number of hydrogen-bond donors (Lipinski definition) is 0. The molecule has 6 nitrogen and oxygen atoms in total. The van der Waals surface area contributed by atoms with E-state index in [1.165, 1.54) is 12.0 Å². The van der Waals surface area contributed by atoms with Gasteiger partial charge < -0.3 is 9.64 Å². The van der Waals surface area contributed by atoms with Crippen LogP contribution in [-0.4, -0.2) is 31.1 Å². The van der Waals surface area contributed by atoms with Crippen LogP contribution in [0, 0.1) is 21.7 Å². The summed E-state index contributed by atoms with van der Waals surface area (Å²) in [5.41, 5.74) is -1.00. The molecule has 0 saturated carbocycles. The Morgan fingerprint density at radius 1 is 1.45 bits per heavy atom. The van der Waals surface area contributed by atoms with Crippen LogP contribution in [0.5, 0.6) is 0 Å². The van der Waals surface area contributed by atoms with Crippen molar-refractivity contribution >= 4 is 17.3 Å². The fourth-order valence-corrected chi connectivity index (χ4v) is 1.73. The van der Waals surface area contributed by atoms with Crippen molar-refractivity contribution in [2.75, 3.05) is 25.1 Å². The van der Waals surface area contributed by atoms with Gasteiger partial charge in [-0.2, -0.15) is 0 Å². The SMILES string of the molecule is CCN(CCC(=O)OC)c1c([N+](=O)[O-])ccc(F)c1F. The molecule has 1 aromatic rings. The molecule has 1 aromatic carbocycles. The van der Waals surface area contributed by atoms with Crippen LogP contribution in [0.3, 0.4) is 0 Å². The lowest BCUT2D eigenvalue weighted by Gasteiger charge is -2.22. The van der Waals surface area contributed by atoms with Gasteiger partial charge in [0.2, 0.25) is 0 Å². The number of carbonyl (C=O) groups is 1. The number of nitro benzene ring substituents is 1. The predicted molar refractivity (Wildman–Crippen MR) is 67.5 cm³/mol. The second kappa shape index (κ2) is 6.78. The molecule has 0 amide bonds. The number of benzene rings is 1. The fourth-order valence-electron chi connectivity index (χ4n) is 1.73. The summed E-state index contributed by atoms with van der Waals surface area (Å²) in [6, 6.07) is 1.60. The molecule has 0 aliphatic carbocycles. The fraction of sp³-hybridized carbons (Fsp3) is 0.417. The first-order valence-electron chi connectivity index (χ1n) is 5.86. The second-order valence-corrected chi connectivity index (χ2v) is 3.89. The van der Waals surface area contributed by atoms with Crippen molar-refractivity contribution in [2.45, 2.75) is 13.3 Å². The van der Waals surface area contributed by atoms with Crippen LogP contribution in [0.25, 0.3) is 0 Å². The van der Waals surface area contributed by atoms with E-state index in [9.17, 15) is 23.7 Å². The van der Waals surface area contributed by atoms with E-state index in [0.29, 0.717) is 6.07 Å². The van der Waals surface area contributed by atoms with Gasteiger partial charge in [0, 0.05) is 19.2 Å². The summed E-state index contributed by atoms with van der Waals surface area (Å²) in [5, 5.41) is 10.9. The maximum absolute atomic E-state index is 13.8. The van der Waals surface area contributed by atoms with E-state index in [-0.39, 0.29) is 19.5 Å². The number of esters is 1. The lowest BCUT2D eigenvalue weighted by molar-refractivity contribution is -0.384. The third-order valence-electron chi connectivity index (χ3n) is 2.76. The molecule has 0 saturated heterocycles. The molecule has 0 fully saturated rings. The number of ether oxygens (including phenoxy) is 1. The Kier molecular flexibility index (Phi) is 5.36. The first-order chi connectivity index (χ1) is 9.42. The van der Waals surface area contributed by atoms with Gasteiger partial charge in [0.25, 0.3) is 5.69 Å². The molecule has 0 N–H and O–H groups in total. The normalized spacial score (nSPS) is 10.2. The van der Waals surface area contributed by atoms with Crippen LogP contribution in [0.4, 0.5) is 20.2 Å². The zero-order valence-electron chi connectivity index (χ0n) is 11.1. The summed E-state index contributed by atoms with van der Waals surface area (Å²) in [7, 11) is 1.20. The van der Waals surface area contributed by atoms with Gasteiger partial charge in [-0.15, -0.1) is 0 Å². The van der Waals surface area contributed by atoms with Crippen molar-refractivity contribution in [2.24, 2.45) is 0 Å². The molecule has 0 atom stereocenters. The Morgan fingerprint density at radius 2 is 2.10 bits per heavy atom. The molecule has 0 heterocycles. The second-order valence-electron chi connectivity index (χ2n) is 3.89. The minimum absolute atomic E-state index is 0.00954. The zero-order valence-corrected chi connectivity index (χ0v) is 11.1. The van der Waals surface area contributed by atoms with E-state index in [2.05, 4.69) is 4.74 Å². The highest BCUT2D eigenvalue weighted by Gasteiger charge is 2.26. The summed E-state index contributed by atoms with van der Waals surface area (Å²) in [6.07, 6.45) is -0.0859. The number of anilines is 1. The first-order valence-corrected chi connectivity index (χ1v) is 5.86. The Hall–Kier alpha value is -2.25. The maximum Gasteiger partial charge on any atom is 0.307 e.